The highest BCUT2D eigenvalue weighted by Crippen LogP contribution is 2.23. The monoisotopic (exact) mass is 316 g/mol. The normalized spacial score (nSPS) is 27.1. The summed E-state index contributed by atoms with van der Waals surface area (Å²) >= 11 is 2.82. The van der Waals surface area contributed by atoms with Gasteiger partial charge in [0.25, 0.3) is 0 Å². The Bertz CT molecular complexity index is 397. The van der Waals surface area contributed by atoms with Gasteiger partial charge in [-0.25, -0.2) is 4.79 Å². The predicted octanol–water partition coefficient (Wildman–Crippen LogP) is 1.65. The molecule has 18 heavy (non-hydrogen) atoms. The molecule has 0 bridgehead atoms. The van der Waals surface area contributed by atoms with Gasteiger partial charge in [0.15, 0.2) is 0 Å². The first kappa shape index (κ1) is 13.5. The summed E-state index contributed by atoms with van der Waals surface area (Å²) in [4.78, 5) is 11.8. The van der Waals surface area contributed by atoms with E-state index >= 15 is 0 Å². The fourth-order valence-corrected chi connectivity index (χ4v) is 2.04. The zero-order chi connectivity index (χ0) is 13.0. The Balaban J connectivity index is 1.92. The van der Waals surface area contributed by atoms with Crippen LogP contribution in [0.3, 0.4) is 0 Å². The lowest BCUT2D eigenvalue weighted by atomic mass is 10.2. The van der Waals surface area contributed by atoms with Crippen LogP contribution in [0.5, 0.6) is 0 Å². The van der Waals surface area contributed by atoms with E-state index in [1.54, 1.807) is 30.3 Å². The summed E-state index contributed by atoms with van der Waals surface area (Å²) in [5.74, 6) is -0.514. The first-order valence-electron chi connectivity index (χ1n) is 5.54. The van der Waals surface area contributed by atoms with Crippen LogP contribution < -0.4 is 0 Å². The van der Waals surface area contributed by atoms with Gasteiger partial charge in [0.2, 0.25) is 6.29 Å². The van der Waals surface area contributed by atoms with E-state index in [0.29, 0.717) is 12.0 Å². The van der Waals surface area contributed by atoms with Crippen molar-refractivity contribution in [1.29, 1.82) is 0 Å². The molecule has 1 aromatic rings. The lowest BCUT2D eigenvalue weighted by molar-refractivity contribution is -0.137. The largest absolute Gasteiger partial charge is 0.429 e. The van der Waals surface area contributed by atoms with Crippen LogP contribution in [-0.4, -0.2) is 36.2 Å². The van der Waals surface area contributed by atoms with Gasteiger partial charge in [0, 0.05) is 6.42 Å². The highest BCUT2D eigenvalue weighted by molar-refractivity contribution is 9.06. The minimum Gasteiger partial charge on any atom is -0.429 e. The highest BCUT2D eigenvalue weighted by Gasteiger charge is 2.36. The molecule has 1 unspecified atom stereocenters. The summed E-state index contributed by atoms with van der Waals surface area (Å²) in [6, 6.07) is 8.57. The topological polar surface area (TPSA) is 65.0 Å². The number of hydrogen-bond acceptors (Lipinski definition) is 5. The van der Waals surface area contributed by atoms with Gasteiger partial charge in [-0.1, -0.05) is 18.2 Å². The molecule has 0 saturated carbocycles. The van der Waals surface area contributed by atoms with Crippen LogP contribution in [0.4, 0.5) is 0 Å². The van der Waals surface area contributed by atoms with Crippen molar-refractivity contribution in [3.63, 3.8) is 0 Å². The zero-order valence-corrected chi connectivity index (χ0v) is 11.1. The number of rotatable bonds is 4. The minimum absolute atomic E-state index is 0.284. The number of ether oxygens (including phenoxy) is 2. The molecule has 5 nitrogen and oxygen atoms in total. The zero-order valence-electron chi connectivity index (χ0n) is 9.49. The second-order valence-corrected chi connectivity index (χ2v) is 4.43. The van der Waals surface area contributed by atoms with E-state index < -0.39 is 18.4 Å². The van der Waals surface area contributed by atoms with E-state index in [4.69, 9.17) is 13.3 Å². The molecule has 3 atom stereocenters. The van der Waals surface area contributed by atoms with Gasteiger partial charge in [-0.05, 0) is 12.1 Å². The van der Waals surface area contributed by atoms with E-state index in [9.17, 15) is 9.90 Å². The van der Waals surface area contributed by atoms with Crippen molar-refractivity contribution in [3.05, 3.63) is 35.9 Å². The Morgan fingerprint density at radius 2 is 2.17 bits per heavy atom. The first-order chi connectivity index (χ1) is 8.70. The van der Waals surface area contributed by atoms with E-state index in [1.165, 1.54) is 0 Å². The molecule has 0 amide bonds. The van der Waals surface area contributed by atoms with Gasteiger partial charge in [-0.3, -0.25) is 0 Å². The molecule has 0 aromatic heterocycles. The molecule has 1 aliphatic rings. The maximum Gasteiger partial charge on any atom is 0.340 e. The first-order valence-corrected chi connectivity index (χ1v) is 6.18. The molecule has 0 radical (unpaired) electrons. The number of hydrogen-bond donors (Lipinski definition) is 1. The van der Waals surface area contributed by atoms with E-state index in [0.717, 1.165) is 0 Å². The van der Waals surface area contributed by atoms with Crippen molar-refractivity contribution in [2.75, 3.05) is 6.61 Å². The lowest BCUT2D eigenvalue weighted by Crippen LogP contribution is -2.27. The number of halogens is 1. The van der Waals surface area contributed by atoms with Crippen LogP contribution in [0, 0.1) is 0 Å². The third kappa shape index (κ3) is 3.29. The average Bonchev–Trinajstić information content (AvgIpc) is 2.71. The number of carbonyl (C=O) groups is 1. The van der Waals surface area contributed by atoms with Gasteiger partial charge in [-0.15, -0.1) is 0 Å². The van der Waals surface area contributed by atoms with Crippen LogP contribution in [-0.2, 0) is 13.3 Å². The molecule has 1 saturated heterocycles. The SMILES string of the molecule is O=C(OC1O[C@H](COBr)C[C@H]1O)c1ccccc1. The summed E-state index contributed by atoms with van der Waals surface area (Å²) in [7, 11) is 0. The molecule has 0 aliphatic carbocycles. The van der Waals surface area contributed by atoms with E-state index in [-0.39, 0.29) is 12.7 Å². The number of aliphatic hydroxyl groups is 1. The molecule has 0 spiro atoms. The fourth-order valence-electron chi connectivity index (χ4n) is 1.75. The predicted molar refractivity (Wildman–Crippen MR) is 66.0 cm³/mol. The van der Waals surface area contributed by atoms with Crippen LogP contribution in [0.15, 0.2) is 30.3 Å². The third-order valence-corrected chi connectivity index (χ3v) is 2.89. The van der Waals surface area contributed by atoms with Gasteiger partial charge in [0.05, 0.1) is 34.5 Å². The Labute approximate surface area is 113 Å². The molecular formula is C12H13BrO5. The Kier molecular flexibility index (Phi) is 4.71. The highest BCUT2D eigenvalue weighted by atomic mass is 79.9. The smallest absolute Gasteiger partial charge is 0.340 e. The molecule has 1 fully saturated rings. The summed E-state index contributed by atoms with van der Waals surface area (Å²) in [5.41, 5.74) is 0.425. The lowest BCUT2D eigenvalue weighted by Gasteiger charge is -2.15. The van der Waals surface area contributed by atoms with Crippen molar-refractivity contribution in [1.82, 2.24) is 0 Å². The van der Waals surface area contributed by atoms with Crippen LogP contribution >= 0.6 is 16.3 Å². The molecular weight excluding hydrogens is 304 g/mol. The van der Waals surface area contributed by atoms with Crippen molar-refractivity contribution in [2.24, 2.45) is 0 Å². The number of carbonyl (C=O) groups excluding carboxylic acids is 1. The molecule has 2 rings (SSSR count). The number of aliphatic hydroxyl groups excluding tert-OH is 1. The minimum atomic E-state index is -0.939. The van der Waals surface area contributed by atoms with Crippen LogP contribution in [0.25, 0.3) is 0 Å². The number of benzene rings is 1. The number of esters is 1. The van der Waals surface area contributed by atoms with Gasteiger partial charge >= 0.3 is 5.97 Å². The maximum absolute atomic E-state index is 11.8. The second kappa shape index (κ2) is 6.29. The van der Waals surface area contributed by atoms with Crippen molar-refractivity contribution < 1.29 is 23.2 Å². The summed E-state index contributed by atoms with van der Waals surface area (Å²) in [6.07, 6.45) is -1.68. The second-order valence-electron chi connectivity index (χ2n) is 3.98. The summed E-state index contributed by atoms with van der Waals surface area (Å²) < 4.78 is 15.2. The molecule has 1 N–H and O–H groups in total. The van der Waals surface area contributed by atoms with Gasteiger partial charge in [0.1, 0.15) is 6.10 Å². The quantitative estimate of drug-likeness (QED) is 0.856. The van der Waals surface area contributed by atoms with Crippen LogP contribution in [0.1, 0.15) is 16.8 Å². The maximum atomic E-state index is 11.8. The molecule has 1 aromatic carbocycles. The Morgan fingerprint density at radius 3 is 2.83 bits per heavy atom. The van der Waals surface area contributed by atoms with Gasteiger partial charge < -0.3 is 18.4 Å². The van der Waals surface area contributed by atoms with Crippen molar-refractivity contribution in [3.8, 4) is 0 Å². The standard InChI is InChI=1S/C12H13BrO5/c13-16-7-9-6-10(14)12(17-9)18-11(15)8-4-2-1-3-5-8/h1-5,9-10,12,14H,6-7H2/t9-,10+,12?/m0/s1. The molecule has 98 valence electrons. The molecule has 1 aliphatic heterocycles. The Hall–Kier alpha value is -0.950. The molecule has 1 heterocycles. The molecule has 6 heteroatoms. The van der Waals surface area contributed by atoms with E-state index in [1.807, 2.05) is 0 Å². The van der Waals surface area contributed by atoms with E-state index in [2.05, 4.69) is 16.3 Å². The van der Waals surface area contributed by atoms with Gasteiger partial charge in [-0.2, -0.15) is 0 Å². The van der Waals surface area contributed by atoms with Crippen LogP contribution in [0.2, 0.25) is 0 Å². The summed E-state index contributed by atoms with van der Waals surface area (Å²) in [5, 5.41) is 9.71. The Morgan fingerprint density at radius 1 is 1.44 bits per heavy atom. The third-order valence-electron chi connectivity index (χ3n) is 2.63. The van der Waals surface area contributed by atoms with Crippen molar-refractivity contribution >= 4 is 22.2 Å². The van der Waals surface area contributed by atoms with Crippen molar-refractivity contribution in [2.45, 2.75) is 24.9 Å². The fraction of sp³-hybridized carbons (Fsp3) is 0.417. The average molecular weight is 317 g/mol. The summed E-state index contributed by atoms with van der Waals surface area (Å²) in [6.45, 7) is 0.288.